The largest absolute Gasteiger partial charge is 0.494 e. The van der Waals surface area contributed by atoms with Crippen LogP contribution in [0.2, 0.25) is 0 Å². The molecule has 0 heterocycles. The van der Waals surface area contributed by atoms with Crippen molar-refractivity contribution in [3.05, 3.63) is 36.9 Å². The van der Waals surface area contributed by atoms with Gasteiger partial charge in [-0.05, 0) is 43.5 Å². The minimum atomic E-state index is -6.90. The van der Waals surface area contributed by atoms with E-state index in [0.29, 0.717) is 25.4 Å². The Balaban J connectivity index is 2.69. The molecule has 0 unspecified atom stereocenters. The molecule has 1 aromatic carbocycles. The first kappa shape index (κ1) is 42.8. The van der Waals surface area contributed by atoms with Crippen molar-refractivity contribution in [3.63, 3.8) is 0 Å². The number of halogens is 9. The highest BCUT2D eigenvalue weighted by Crippen LogP contribution is 2.54. The molecule has 0 amide bonds. The summed E-state index contributed by atoms with van der Waals surface area (Å²) in [4.78, 5) is 0. The molecule has 0 saturated heterocycles. The van der Waals surface area contributed by atoms with Gasteiger partial charge in [0, 0.05) is 13.5 Å². The second-order valence-electron chi connectivity index (χ2n) is 11.3. The fourth-order valence-corrected chi connectivity index (χ4v) is 4.62. The smallest absolute Gasteiger partial charge is 0.460 e. The van der Waals surface area contributed by atoms with Crippen LogP contribution in [0, 0.1) is 0 Å². The molecular formula is C33H49F9O5. The number of rotatable bonds is 28. The van der Waals surface area contributed by atoms with Crippen molar-refractivity contribution in [2.45, 2.75) is 127 Å². The number of benzene rings is 1. The molecule has 0 fully saturated rings. The number of hydrogen-bond acceptors (Lipinski definition) is 5. The van der Waals surface area contributed by atoms with Gasteiger partial charge in [-0.1, -0.05) is 70.8 Å². The maximum Gasteiger partial charge on any atom is 0.460 e. The van der Waals surface area contributed by atoms with Crippen LogP contribution in [-0.2, 0) is 14.2 Å². The van der Waals surface area contributed by atoms with Gasteiger partial charge in [0.1, 0.15) is 30.5 Å². The SMILES string of the molecule is C=C[C@H](OCOCCOC)[C@H](CCCCCCCCCCCC)Oc1ccc(OCCCC(F)(F)C(F)(F)C(F)(F)C(F)(F)F)cc1. The van der Waals surface area contributed by atoms with Crippen LogP contribution in [0.25, 0.3) is 0 Å². The molecule has 0 spiro atoms. The number of alkyl halides is 9. The van der Waals surface area contributed by atoms with Crippen LogP contribution in [0.1, 0.15) is 90.4 Å². The van der Waals surface area contributed by atoms with Gasteiger partial charge < -0.3 is 23.7 Å². The highest BCUT2D eigenvalue weighted by atomic mass is 19.4. The van der Waals surface area contributed by atoms with E-state index in [4.69, 9.17) is 23.7 Å². The van der Waals surface area contributed by atoms with E-state index in [1.807, 2.05) is 0 Å². The van der Waals surface area contributed by atoms with Gasteiger partial charge in [0.15, 0.2) is 0 Å². The van der Waals surface area contributed by atoms with E-state index in [0.717, 1.165) is 25.7 Å². The summed E-state index contributed by atoms with van der Waals surface area (Å²) in [6, 6.07) is 5.86. The maximum atomic E-state index is 13.7. The number of hydrogen-bond donors (Lipinski definition) is 0. The molecule has 0 saturated carbocycles. The minimum absolute atomic E-state index is 0.0104. The summed E-state index contributed by atoms with van der Waals surface area (Å²) in [5, 5.41) is 0. The molecule has 0 aliphatic heterocycles. The number of ether oxygens (including phenoxy) is 5. The number of methoxy groups -OCH3 is 1. The number of unbranched alkanes of at least 4 members (excludes halogenated alkanes) is 9. The third-order valence-corrected chi connectivity index (χ3v) is 7.44. The molecule has 0 aliphatic carbocycles. The molecule has 47 heavy (non-hydrogen) atoms. The van der Waals surface area contributed by atoms with Crippen molar-refractivity contribution in [3.8, 4) is 11.5 Å². The quantitative estimate of drug-likeness (QED) is 0.0378. The molecule has 0 N–H and O–H groups in total. The zero-order valence-corrected chi connectivity index (χ0v) is 27.2. The van der Waals surface area contributed by atoms with Crippen molar-refractivity contribution in [1.29, 1.82) is 0 Å². The van der Waals surface area contributed by atoms with Crippen LogP contribution in [0.4, 0.5) is 39.5 Å². The van der Waals surface area contributed by atoms with E-state index < -0.39 is 55.6 Å². The summed E-state index contributed by atoms with van der Waals surface area (Å²) in [7, 11) is 1.55. The van der Waals surface area contributed by atoms with Gasteiger partial charge in [-0.3, -0.25) is 0 Å². The van der Waals surface area contributed by atoms with E-state index in [-0.39, 0.29) is 12.5 Å². The molecule has 14 heteroatoms. The Kier molecular flexibility index (Phi) is 19.8. The first-order valence-corrected chi connectivity index (χ1v) is 16.0. The Labute approximate surface area is 272 Å². The van der Waals surface area contributed by atoms with E-state index >= 15 is 0 Å². The first-order valence-electron chi connectivity index (χ1n) is 16.0. The van der Waals surface area contributed by atoms with Gasteiger partial charge in [0.25, 0.3) is 0 Å². The molecule has 0 radical (unpaired) electrons. The monoisotopic (exact) mass is 696 g/mol. The van der Waals surface area contributed by atoms with Gasteiger partial charge in [-0.25, -0.2) is 0 Å². The van der Waals surface area contributed by atoms with Crippen molar-refractivity contribution < 1.29 is 63.2 Å². The molecular weight excluding hydrogens is 647 g/mol. The summed E-state index contributed by atoms with van der Waals surface area (Å²) in [6.07, 6.45) is 3.22. The van der Waals surface area contributed by atoms with Gasteiger partial charge in [0.05, 0.1) is 19.8 Å². The average Bonchev–Trinajstić information content (AvgIpc) is 3.01. The highest BCUT2D eigenvalue weighted by Gasteiger charge is 2.81. The summed E-state index contributed by atoms with van der Waals surface area (Å²) in [6.45, 7) is 6.13. The molecule has 0 aromatic heterocycles. The normalized spacial score (nSPS) is 14.2. The summed E-state index contributed by atoms with van der Waals surface area (Å²) in [5.41, 5.74) is 0. The van der Waals surface area contributed by atoms with Crippen LogP contribution < -0.4 is 9.47 Å². The highest BCUT2D eigenvalue weighted by molar-refractivity contribution is 5.31. The standard InChI is InChI=1S/C33H49F9O5/c1-4-6-7-8-9-10-11-12-13-14-16-29(28(5-2)46-25-44-24-23-43-3)47-27-19-17-26(18-20-27)45-22-15-21-30(34,35)31(36,37)32(38,39)33(40,41)42/h5,17-20,28-29H,2,4,6-16,21-25H2,1,3H3/t28-,29-/m0/s1. The Morgan fingerprint density at radius 2 is 1.26 bits per heavy atom. The third kappa shape index (κ3) is 14.9. The van der Waals surface area contributed by atoms with Gasteiger partial charge >= 0.3 is 23.9 Å². The topological polar surface area (TPSA) is 46.2 Å². The van der Waals surface area contributed by atoms with E-state index in [1.54, 1.807) is 13.2 Å². The Hall–Kier alpha value is -2.19. The molecule has 1 aromatic rings. The Bertz CT molecular complexity index is 959. The van der Waals surface area contributed by atoms with Crippen molar-refractivity contribution in [1.82, 2.24) is 0 Å². The summed E-state index contributed by atoms with van der Waals surface area (Å²) < 4.78 is 145. The lowest BCUT2D eigenvalue weighted by molar-refractivity contribution is -0.396. The van der Waals surface area contributed by atoms with Crippen LogP contribution in [0.15, 0.2) is 36.9 Å². The third-order valence-electron chi connectivity index (χ3n) is 7.44. The van der Waals surface area contributed by atoms with Crippen LogP contribution >= 0.6 is 0 Å². The van der Waals surface area contributed by atoms with Gasteiger partial charge in [0.2, 0.25) is 0 Å². The Morgan fingerprint density at radius 1 is 0.702 bits per heavy atom. The molecule has 1 rings (SSSR count). The van der Waals surface area contributed by atoms with Crippen molar-refractivity contribution in [2.24, 2.45) is 0 Å². The lowest BCUT2D eigenvalue weighted by atomic mass is 10.00. The molecule has 0 bridgehead atoms. The van der Waals surface area contributed by atoms with Crippen LogP contribution in [0.3, 0.4) is 0 Å². The predicted octanol–water partition coefficient (Wildman–Crippen LogP) is 10.6. The summed E-state index contributed by atoms with van der Waals surface area (Å²) in [5.74, 6) is -18.6. The molecule has 274 valence electrons. The fraction of sp³-hybridized carbons (Fsp3) is 0.758. The average molecular weight is 697 g/mol. The van der Waals surface area contributed by atoms with Crippen molar-refractivity contribution >= 4 is 0 Å². The predicted molar refractivity (Wildman–Crippen MR) is 161 cm³/mol. The first-order chi connectivity index (χ1) is 22.1. The van der Waals surface area contributed by atoms with Gasteiger partial charge in [-0.2, -0.15) is 39.5 Å². The lowest BCUT2D eigenvalue weighted by Crippen LogP contribution is -2.60. The zero-order chi connectivity index (χ0) is 35.4. The van der Waals surface area contributed by atoms with E-state index in [1.165, 1.54) is 62.8 Å². The Morgan fingerprint density at radius 3 is 1.79 bits per heavy atom. The molecule has 0 aliphatic rings. The lowest BCUT2D eigenvalue weighted by Gasteiger charge is -2.33. The minimum Gasteiger partial charge on any atom is -0.494 e. The second-order valence-corrected chi connectivity index (χ2v) is 11.3. The molecule has 5 nitrogen and oxygen atoms in total. The van der Waals surface area contributed by atoms with Crippen LogP contribution in [0.5, 0.6) is 11.5 Å². The van der Waals surface area contributed by atoms with E-state index in [9.17, 15) is 39.5 Å². The van der Waals surface area contributed by atoms with Gasteiger partial charge in [-0.15, -0.1) is 6.58 Å². The maximum absolute atomic E-state index is 13.7. The fourth-order valence-electron chi connectivity index (χ4n) is 4.62. The zero-order valence-electron chi connectivity index (χ0n) is 27.2. The van der Waals surface area contributed by atoms with Crippen LogP contribution in [-0.4, -0.2) is 69.9 Å². The van der Waals surface area contributed by atoms with Crippen molar-refractivity contribution in [2.75, 3.05) is 33.7 Å². The molecule has 2 atom stereocenters. The summed E-state index contributed by atoms with van der Waals surface area (Å²) >= 11 is 0. The van der Waals surface area contributed by atoms with E-state index in [2.05, 4.69) is 13.5 Å². The second kappa shape index (κ2) is 21.7.